The maximum absolute atomic E-state index is 13.8. The smallest absolute Gasteiger partial charge is 0.416 e. The third-order valence-electron chi connectivity index (χ3n) is 5.80. The number of benzene rings is 2. The Morgan fingerprint density at radius 2 is 1.93 bits per heavy atom. The van der Waals surface area contributed by atoms with Gasteiger partial charge in [0.15, 0.2) is 5.16 Å². The number of nitrogens with zero attached hydrogens (tertiary/aromatic N) is 2. The van der Waals surface area contributed by atoms with Gasteiger partial charge in [-0.25, -0.2) is 18.2 Å². The number of carbonyl (C=O) groups excluding carboxylic acids is 1. The molecule has 0 bridgehead atoms. The molecule has 1 aromatic heterocycles. The van der Waals surface area contributed by atoms with Crippen LogP contribution in [0.15, 0.2) is 52.5 Å². The molecule has 3 aromatic rings. The molecule has 2 aromatic carbocycles. The molecule has 0 spiro atoms. The average molecular weight is 599 g/mol. The lowest BCUT2D eigenvalue weighted by molar-refractivity contribution is -0.137. The molecule has 40 heavy (non-hydrogen) atoms. The molecule has 0 unspecified atom stereocenters. The number of imidazole rings is 1. The number of aromatic amines is 1. The van der Waals surface area contributed by atoms with Gasteiger partial charge in [-0.1, -0.05) is 17.8 Å². The minimum Gasteiger partial charge on any atom is -0.485 e. The number of amides is 1. The van der Waals surface area contributed by atoms with E-state index in [1.807, 2.05) is 13.8 Å². The number of nitrogens with one attached hydrogen (secondary N) is 2. The minimum absolute atomic E-state index is 0.0666. The van der Waals surface area contributed by atoms with Crippen LogP contribution in [0.3, 0.4) is 0 Å². The van der Waals surface area contributed by atoms with Crippen LogP contribution in [0.1, 0.15) is 37.7 Å². The molecule has 2 N–H and O–H groups in total. The quantitative estimate of drug-likeness (QED) is 0.328. The first kappa shape index (κ1) is 29.6. The van der Waals surface area contributed by atoms with Crippen LogP contribution < -0.4 is 14.4 Å². The van der Waals surface area contributed by atoms with Crippen molar-refractivity contribution in [3.63, 3.8) is 0 Å². The molecule has 2 heterocycles. The van der Waals surface area contributed by atoms with Gasteiger partial charge >= 0.3 is 12.3 Å². The van der Waals surface area contributed by atoms with Crippen LogP contribution >= 0.6 is 11.8 Å². The molecule has 1 atom stereocenters. The van der Waals surface area contributed by atoms with E-state index in [4.69, 9.17) is 9.47 Å². The van der Waals surface area contributed by atoms with Gasteiger partial charge in [0.05, 0.1) is 28.4 Å². The summed E-state index contributed by atoms with van der Waals surface area (Å²) >= 11 is 1.33. The van der Waals surface area contributed by atoms with E-state index in [2.05, 4.69) is 15.3 Å². The van der Waals surface area contributed by atoms with Gasteiger partial charge in [-0.05, 0) is 71.0 Å². The lowest BCUT2D eigenvalue weighted by Crippen LogP contribution is -2.44. The van der Waals surface area contributed by atoms with E-state index in [0.717, 1.165) is 33.9 Å². The highest BCUT2D eigenvalue weighted by Crippen LogP contribution is 2.40. The number of carbonyl (C=O) groups is 1. The number of sulfonamides is 1. The van der Waals surface area contributed by atoms with Crippen LogP contribution in [0.2, 0.25) is 0 Å². The van der Waals surface area contributed by atoms with Crippen molar-refractivity contribution in [2.45, 2.75) is 62.6 Å². The summed E-state index contributed by atoms with van der Waals surface area (Å²) in [5.41, 5.74) is 0.161. The number of hydrogen-bond acceptors (Lipinski definition) is 7. The molecule has 0 radical (unpaired) electrons. The van der Waals surface area contributed by atoms with E-state index in [1.54, 1.807) is 20.8 Å². The molecule has 9 nitrogen and oxygen atoms in total. The van der Waals surface area contributed by atoms with Gasteiger partial charge in [-0.15, -0.1) is 0 Å². The van der Waals surface area contributed by atoms with E-state index in [9.17, 15) is 26.4 Å². The van der Waals surface area contributed by atoms with Gasteiger partial charge in [-0.2, -0.15) is 13.2 Å². The van der Waals surface area contributed by atoms with Crippen molar-refractivity contribution in [1.82, 2.24) is 9.97 Å². The maximum Gasteiger partial charge on any atom is 0.416 e. The summed E-state index contributed by atoms with van der Waals surface area (Å²) in [6.07, 6.45) is -6.14. The second-order valence-corrected chi connectivity index (χ2v) is 13.0. The van der Waals surface area contributed by atoms with Gasteiger partial charge in [0.1, 0.15) is 17.5 Å². The summed E-state index contributed by atoms with van der Waals surface area (Å²) in [5.74, 6) is 0.493. The van der Waals surface area contributed by atoms with Crippen molar-refractivity contribution in [2.75, 3.05) is 21.9 Å². The molecular formula is C26H29F3N4O5S2. The van der Waals surface area contributed by atoms with E-state index in [-0.39, 0.29) is 23.7 Å². The molecule has 1 aliphatic rings. The molecule has 0 saturated heterocycles. The summed E-state index contributed by atoms with van der Waals surface area (Å²) in [7, 11) is -4.47. The highest BCUT2D eigenvalue weighted by atomic mass is 32.2. The van der Waals surface area contributed by atoms with Crippen molar-refractivity contribution in [3.05, 3.63) is 59.4 Å². The maximum atomic E-state index is 13.8. The fourth-order valence-corrected chi connectivity index (χ4v) is 6.33. The zero-order chi connectivity index (χ0) is 29.5. The summed E-state index contributed by atoms with van der Waals surface area (Å²) < 4.78 is 80.1. The Bertz CT molecular complexity index is 1500. The Morgan fingerprint density at radius 1 is 1.20 bits per heavy atom. The van der Waals surface area contributed by atoms with Crippen LogP contribution in [0, 0.1) is 13.8 Å². The van der Waals surface area contributed by atoms with E-state index < -0.39 is 44.5 Å². The number of hydrogen-bond donors (Lipinski definition) is 2. The SMILES string of the molecule is Cc1nc(SC[C@H]2CN(S(=O)(=O)c3cccc(C(F)(F)F)c3)c3cc(NC(=O)OC(C)(C)C)ccc3O2)[nH]c1C. The summed E-state index contributed by atoms with van der Waals surface area (Å²) in [5, 5.41) is 3.18. The fourth-order valence-electron chi connectivity index (χ4n) is 3.84. The number of thioether (sulfide) groups is 1. The van der Waals surface area contributed by atoms with Gasteiger partial charge in [0, 0.05) is 17.1 Å². The molecular weight excluding hydrogens is 569 g/mol. The monoisotopic (exact) mass is 598 g/mol. The first-order valence-electron chi connectivity index (χ1n) is 12.2. The van der Waals surface area contributed by atoms with Crippen LogP contribution in [0.5, 0.6) is 5.75 Å². The first-order valence-corrected chi connectivity index (χ1v) is 14.6. The topological polar surface area (TPSA) is 114 Å². The highest BCUT2D eigenvalue weighted by molar-refractivity contribution is 7.99. The van der Waals surface area contributed by atoms with E-state index in [1.165, 1.54) is 30.0 Å². The second kappa shape index (κ2) is 10.9. The zero-order valence-corrected chi connectivity index (χ0v) is 24.1. The number of anilines is 2. The average Bonchev–Trinajstić information content (AvgIpc) is 3.17. The van der Waals surface area contributed by atoms with Crippen molar-refractivity contribution in [2.24, 2.45) is 0 Å². The van der Waals surface area contributed by atoms with Gasteiger partial charge in [0.2, 0.25) is 0 Å². The Kier molecular flexibility index (Phi) is 8.05. The van der Waals surface area contributed by atoms with Crippen LogP contribution in [-0.2, 0) is 20.9 Å². The third kappa shape index (κ3) is 6.84. The molecule has 14 heteroatoms. The van der Waals surface area contributed by atoms with Crippen molar-refractivity contribution in [1.29, 1.82) is 0 Å². The largest absolute Gasteiger partial charge is 0.485 e. The number of fused-ring (bicyclic) bond motifs is 1. The number of aromatic nitrogens is 2. The van der Waals surface area contributed by atoms with Crippen molar-refractivity contribution in [3.8, 4) is 5.75 Å². The Balaban J connectivity index is 1.69. The molecule has 0 aliphatic carbocycles. The number of alkyl halides is 3. The number of ether oxygens (including phenoxy) is 2. The Labute approximate surface area is 234 Å². The Hall–Kier alpha value is -3.39. The normalized spacial score (nSPS) is 15.8. The zero-order valence-electron chi connectivity index (χ0n) is 22.4. The van der Waals surface area contributed by atoms with Crippen LogP contribution in [0.4, 0.5) is 29.3 Å². The lowest BCUT2D eigenvalue weighted by atomic mass is 10.2. The summed E-state index contributed by atoms with van der Waals surface area (Å²) in [6, 6.07) is 7.97. The van der Waals surface area contributed by atoms with Crippen molar-refractivity contribution >= 4 is 39.3 Å². The summed E-state index contributed by atoms with van der Waals surface area (Å²) in [4.78, 5) is 19.3. The van der Waals surface area contributed by atoms with Crippen LogP contribution in [-0.4, -0.2) is 48.5 Å². The van der Waals surface area contributed by atoms with Gasteiger partial charge < -0.3 is 14.5 Å². The van der Waals surface area contributed by atoms with Crippen LogP contribution in [0.25, 0.3) is 0 Å². The van der Waals surface area contributed by atoms with E-state index >= 15 is 0 Å². The molecule has 0 saturated carbocycles. The number of rotatable bonds is 6. The Morgan fingerprint density at radius 3 is 2.55 bits per heavy atom. The standard InChI is InChI=1S/C26H29F3N4O5S2/c1-15-16(2)31-23(30-15)39-14-19-13-33(40(35,36)20-8-6-7-17(11-20)26(27,28)29)21-12-18(9-10-22(21)37-19)32-24(34)38-25(3,4)5/h6-12,19H,13-14H2,1-5H3,(H,30,31)(H,32,34)/t19-/m1/s1. The fraction of sp³-hybridized carbons (Fsp3) is 0.385. The highest BCUT2D eigenvalue weighted by Gasteiger charge is 2.37. The van der Waals surface area contributed by atoms with E-state index in [0.29, 0.717) is 17.0 Å². The minimum atomic E-state index is -4.72. The van der Waals surface area contributed by atoms with Gasteiger partial charge in [-0.3, -0.25) is 9.62 Å². The first-order chi connectivity index (χ1) is 18.5. The predicted molar refractivity (Wildman–Crippen MR) is 145 cm³/mol. The molecule has 4 rings (SSSR count). The van der Waals surface area contributed by atoms with Gasteiger partial charge in [0.25, 0.3) is 10.0 Å². The molecule has 216 valence electrons. The number of halogens is 3. The second-order valence-electron chi connectivity index (χ2n) is 10.2. The van der Waals surface area contributed by atoms with Crippen molar-refractivity contribution < 1.29 is 35.9 Å². The predicted octanol–water partition coefficient (Wildman–Crippen LogP) is 6.14. The summed E-state index contributed by atoms with van der Waals surface area (Å²) in [6.45, 7) is 8.63. The lowest BCUT2D eigenvalue weighted by Gasteiger charge is -2.35. The molecule has 1 aliphatic heterocycles. The molecule has 0 fully saturated rings. The number of H-pyrrole nitrogens is 1. The third-order valence-corrected chi connectivity index (χ3v) is 8.58. The number of aryl methyl sites for hydroxylation is 2. The molecule has 1 amide bonds.